The molecule has 0 fully saturated rings. The number of rotatable bonds is 1. The van der Waals surface area contributed by atoms with E-state index in [9.17, 15) is 0 Å². The largest absolute Gasteiger partial charge is 0.795 e. The van der Waals surface area contributed by atoms with Crippen molar-refractivity contribution in [3.63, 3.8) is 0 Å². The van der Waals surface area contributed by atoms with E-state index in [0.29, 0.717) is 12.0 Å². The molecule has 0 saturated carbocycles. The molecular formula is C2H3OS-. The molecule has 0 radical (unpaired) electrons. The maximum Gasteiger partial charge on any atom is -0.0514 e. The lowest BCUT2D eigenvalue weighted by Gasteiger charge is -1.85. The fraction of sp³-hybridized carbons (Fsp3) is 0. The van der Waals surface area contributed by atoms with Crippen LogP contribution in [0.2, 0.25) is 0 Å². The van der Waals surface area contributed by atoms with E-state index >= 15 is 0 Å². The van der Waals surface area contributed by atoms with Crippen LogP contribution in [-0.2, 0) is 0 Å². The van der Waals surface area contributed by atoms with Crippen LogP contribution < -0.4 is 0 Å². The third-order valence-electron chi connectivity index (χ3n) is 0.0680. The van der Waals surface area contributed by atoms with Gasteiger partial charge in [0.05, 0.1) is 0 Å². The van der Waals surface area contributed by atoms with E-state index in [-0.39, 0.29) is 0 Å². The fourth-order valence-corrected chi connectivity index (χ4v) is 0. The Labute approximate surface area is 29.5 Å². The van der Waals surface area contributed by atoms with Gasteiger partial charge in [-0.15, -0.1) is 0 Å². The maximum atomic E-state index is 9.10. The first-order valence-electron chi connectivity index (χ1n) is 0.811. The Bertz CT molecular complexity index is 20.0. The van der Waals surface area contributed by atoms with Gasteiger partial charge in [0.25, 0.3) is 0 Å². The van der Waals surface area contributed by atoms with E-state index in [0.717, 1.165) is 0 Å². The van der Waals surface area contributed by atoms with Gasteiger partial charge >= 0.3 is 0 Å². The highest BCUT2D eigenvalue weighted by Crippen LogP contribution is 1.83. The van der Waals surface area contributed by atoms with E-state index in [4.69, 9.17) is 4.55 Å². The lowest BCUT2D eigenvalue weighted by molar-refractivity contribution is 0.626. The van der Waals surface area contributed by atoms with Crippen molar-refractivity contribution in [2.75, 3.05) is 0 Å². The van der Waals surface area contributed by atoms with Crippen molar-refractivity contribution < 1.29 is 4.55 Å². The van der Waals surface area contributed by atoms with Crippen molar-refractivity contribution in [1.29, 1.82) is 0 Å². The highest BCUT2D eigenvalue weighted by Gasteiger charge is 1.28. The minimum absolute atomic E-state index is 0.370. The molecule has 0 amide bonds. The van der Waals surface area contributed by atoms with Gasteiger partial charge in [-0.05, 0) is 0 Å². The van der Waals surface area contributed by atoms with Gasteiger partial charge in [0, 0.05) is 0 Å². The van der Waals surface area contributed by atoms with E-state index in [1.807, 2.05) is 0 Å². The molecule has 0 aromatic carbocycles. The molecule has 0 aliphatic rings. The zero-order chi connectivity index (χ0) is 3.41. The second-order valence-corrected chi connectivity index (χ2v) is 0.789. The fourth-order valence-electron chi connectivity index (χ4n) is 0. The zero-order valence-corrected chi connectivity index (χ0v) is 2.92. The second kappa shape index (κ2) is 3.05. The molecule has 4 heavy (non-hydrogen) atoms. The van der Waals surface area contributed by atoms with Crippen LogP contribution in [0.25, 0.3) is 0 Å². The molecular weight excluding hydrogens is 72.1 g/mol. The summed E-state index contributed by atoms with van der Waals surface area (Å²) in [5.41, 5.74) is 0. The van der Waals surface area contributed by atoms with Crippen molar-refractivity contribution >= 4 is 12.0 Å². The third-order valence-corrected chi connectivity index (χ3v) is 0.204. The van der Waals surface area contributed by atoms with Crippen molar-refractivity contribution in [1.82, 2.24) is 0 Å². The Morgan fingerprint density at radius 3 is 2.25 bits per heavy atom. The van der Waals surface area contributed by atoms with Crippen LogP contribution in [0.4, 0.5) is 0 Å². The Hall–Kier alpha value is 0.0500. The molecule has 0 rings (SSSR count). The van der Waals surface area contributed by atoms with Crippen LogP contribution >= 0.6 is 12.0 Å². The average Bonchev–Trinajstić information content (AvgIpc) is 1.37. The molecule has 0 unspecified atom stereocenters. The van der Waals surface area contributed by atoms with E-state index in [1.54, 1.807) is 0 Å². The van der Waals surface area contributed by atoms with Gasteiger partial charge in [-0.3, -0.25) is 0 Å². The second-order valence-electron chi connectivity index (χ2n) is 0.263. The zero-order valence-electron chi connectivity index (χ0n) is 2.10. The first-order valence-corrected chi connectivity index (χ1v) is 1.62. The lowest BCUT2D eigenvalue weighted by Crippen LogP contribution is -1.30. The summed E-state index contributed by atoms with van der Waals surface area (Å²) in [4.78, 5) is 0. The Morgan fingerprint density at radius 2 is 2.25 bits per heavy atom. The van der Waals surface area contributed by atoms with Crippen molar-refractivity contribution in [2.24, 2.45) is 0 Å². The van der Waals surface area contributed by atoms with Gasteiger partial charge in [-0.1, -0.05) is 12.0 Å². The van der Waals surface area contributed by atoms with E-state index < -0.39 is 0 Å². The third kappa shape index (κ3) is 2.05. The minimum atomic E-state index is 0.370. The summed E-state index contributed by atoms with van der Waals surface area (Å²) < 4.78 is 9.10. The summed E-state index contributed by atoms with van der Waals surface area (Å²) in [6, 6.07) is 0. The van der Waals surface area contributed by atoms with E-state index in [2.05, 4.69) is 6.58 Å². The quantitative estimate of drug-likeness (QED) is 0.434. The molecule has 0 saturated heterocycles. The lowest BCUT2D eigenvalue weighted by atomic mass is 11.3. The van der Waals surface area contributed by atoms with Crippen molar-refractivity contribution in [3.05, 3.63) is 12.0 Å². The van der Waals surface area contributed by atoms with Crippen molar-refractivity contribution in [3.8, 4) is 0 Å². The van der Waals surface area contributed by atoms with Gasteiger partial charge in [0.2, 0.25) is 0 Å². The predicted octanol–water partition coefficient (Wildman–Crippen LogP) is 0.993. The average molecular weight is 75.1 g/mol. The van der Waals surface area contributed by atoms with Gasteiger partial charge in [-0.25, -0.2) is 12.0 Å². The van der Waals surface area contributed by atoms with Gasteiger partial charge in [0.1, 0.15) is 0 Å². The summed E-state index contributed by atoms with van der Waals surface area (Å²) in [5.74, 6) is 0. The van der Waals surface area contributed by atoms with Gasteiger partial charge in [-0.2, -0.15) is 0 Å². The monoisotopic (exact) mass is 75.0 g/mol. The molecule has 0 bridgehead atoms. The molecule has 0 N–H and O–H groups in total. The highest BCUT2D eigenvalue weighted by atomic mass is 32.2. The van der Waals surface area contributed by atoms with Crippen LogP contribution in [0.3, 0.4) is 0 Å². The summed E-state index contributed by atoms with van der Waals surface area (Å²) >= 11 is 0.370. The Kier molecular flexibility index (Phi) is 3.09. The number of hydrogen-bond donors (Lipinski definition) is 0. The first-order chi connectivity index (χ1) is 1.91. The molecule has 0 aliphatic heterocycles. The van der Waals surface area contributed by atoms with Crippen molar-refractivity contribution in [2.45, 2.75) is 0 Å². The van der Waals surface area contributed by atoms with Crippen LogP contribution in [0.5, 0.6) is 0 Å². The van der Waals surface area contributed by atoms with Crippen LogP contribution in [0.15, 0.2) is 12.0 Å². The molecule has 0 spiro atoms. The normalized spacial score (nSPS) is 6.25. The highest BCUT2D eigenvalue weighted by molar-refractivity contribution is 7.96. The predicted molar refractivity (Wildman–Crippen MR) is 18.6 cm³/mol. The maximum absolute atomic E-state index is 9.10. The molecule has 0 aromatic rings. The minimum Gasteiger partial charge on any atom is -0.795 e. The van der Waals surface area contributed by atoms with Crippen LogP contribution in [0.1, 0.15) is 0 Å². The Balaban J connectivity index is 2.30. The molecule has 0 aliphatic carbocycles. The molecule has 0 aromatic heterocycles. The number of hydrogen-bond acceptors (Lipinski definition) is 2. The Morgan fingerprint density at radius 1 is 2.00 bits per heavy atom. The summed E-state index contributed by atoms with van der Waals surface area (Å²) in [6.07, 6.45) is 0. The first kappa shape index (κ1) is 4.05. The molecule has 0 atom stereocenters. The standard InChI is InChI=1S/C2H4OS/c1-2-4-3/h2-3H,1H2/p-1. The van der Waals surface area contributed by atoms with Crippen LogP contribution in [0, 0.1) is 0 Å². The summed E-state index contributed by atoms with van der Waals surface area (Å²) in [6.45, 7) is 3.13. The summed E-state index contributed by atoms with van der Waals surface area (Å²) in [5, 5.41) is 1.24. The molecule has 1 nitrogen and oxygen atoms in total. The molecule has 2 heteroatoms. The van der Waals surface area contributed by atoms with E-state index in [1.165, 1.54) is 5.41 Å². The van der Waals surface area contributed by atoms with Gasteiger partial charge in [0.15, 0.2) is 0 Å². The molecule has 0 heterocycles. The topological polar surface area (TPSA) is 23.1 Å². The summed E-state index contributed by atoms with van der Waals surface area (Å²) in [7, 11) is 0. The molecule has 24 valence electrons. The smallest absolute Gasteiger partial charge is 0.0514 e. The van der Waals surface area contributed by atoms with Crippen LogP contribution in [-0.4, -0.2) is 4.55 Å². The SMILES string of the molecule is C=CS[O-]. The van der Waals surface area contributed by atoms with Gasteiger partial charge < -0.3 is 4.55 Å².